The van der Waals surface area contributed by atoms with E-state index in [2.05, 4.69) is 40.3 Å². The largest absolute Gasteiger partial charge is 0.382 e. The van der Waals surface area contributed by atoms with Crippen LogP contribution >= 0.6 is 0 Å². The van der Waals surface area contributed by atoms with Gasteiger partial charge in [0.05, 0.1) is 19.8 Å². The number of benzene rings is 2. The molecule has 0 amide bonds. The van der Waals surface area contributed by atoms with Crippen LogP contribution in [0.1, 0.15) is 63.0 Å². The zero-order valence-corrected chi connectivity index (χ0v) is 35.4. The second-order valence-electron chi connectivity index (χ2n) is 25.9. The molecular weight excluding hydrogens is 738 g/mol. The topological polar surface area (TPSA) is 21.7 Å². The van der Waals surface area contributed by atoms with Crippen molar-refractivity contribution in [2.24, 2.45) is 159 Å². The molecule has 1 heterocycles. The first-order chi connectivity index (χ1) is 29.7. The molecule has 0 bridgehead atoms. The lowest BCUT2D eigenvalue weighted by atomic mass is 9.41. The van der Waals surface area contributed by atoms with Crippen LogP contribution in [0.5, 0.6) is 0 Å². The maximum Gasteiger partial charge on any atom is 0.131 e. The van der Waals surface area contributed by atoms with Gasteiger partial charge in [-0.2, -0.15) is 0 Å². The fraction of sp³-hybridized carbons (Fsp3) is 0.750. The Bertz CT molecular complexity index is 2470. The van der Waals surface area contributed by atoms with E-state index in [1.54, 1.807) is 45.3 Å². The first kappa shape index (κ1) is 32.6. The minimum absolute atomic E-state index is 0.0397. The zero-order valence-electron chi connectivity index (χ0n) is 35.4. The van der Waals surface area contributed by atoms with Gasteiger partial charge in [-0.3, -0.25) is 4.90 Å². The van der Waals surface area contributed by atoms with E-state index in [4.69, 9.17) is 9.47 Å². The molecule has 17 aliphatic rings. The molecule has 1 saturated heterocycles. The highest BCUT2D eigenvalue weighted by molar-refractivity contribution is 5.87. The van der Waals surface area contributed by atoms with Gasteiger partial charge < -0.3 is 9.47 Å². The van der Waals surface area contributed by atoms with Crippen LogP contribution in [0.2, 0.25) is 0 Å². The van der Waals surface area contributed by atoms with Gasteiger partial charge in [-0.05, 0) is 210 Å². The first-order valence-corrected chi connectivity index (χ1v) is 26.1. The molecule has 0 radical (unpaired) electrons. The molecule has 4 heteroatoms. The van der Waals surface area contributed by atoms with Crippen LogP contribution in [0.15, 0.2) is 58.7 Å². The molecule has 16 aliphatic carbocycles. The van der Waals surface area contributed by atoms with Gasteiger partial charge in [-0.15, -0.1) is 0 Å². The standard InChI is InChI=1S/C56H62FNO2/c1-59-10-11-60-9-8-58-20-32-31-18-26-16-23-14-24-13-21-12-22-15-25-17-27-19-56(32,55(58)30-6-2-5-29-28(30)4-3-7-33(29)57)54-40(27)45-39(25)44-35(22)34(21)42-38(24)43-36(23)37(26)46-41(31)53(54)52-50(45)48(44)47(42)49(43)51(46)52/h2-7,21-25,27,32,34-36,38-40,42-55H,8-20H2,1H3. The third-order valence-corrected chi connectivity index (χ3v) is 26.1. The van der Waals surface area contributed by atoms with Gasteiger partial charge >= 0.3 is 0 Å². The zero-order chi connectivity index (χ0) is 38.1. The van der Waals surface area contributed by atoms with E-state index in [1.165, 1.54) is 36.8 Å². The molecule has 1 spiro atoms. The van der Waals surface area contributed by atoms with E-state index in [0.717, 1.165) is 166 Å². The molecule has 0 aromatic heterocycles. The third kappa shape index (κ3) is 3.04. The van der Waals surface area contributed by atoms with E-state index in [0.29, 0.717) is 25.2 Å². The lowest BCUT2D eigenvalue weighted by Gasteiger charge is -2.62. The van der Waals surface area contributed by atoms with Crippen LogP contribution in [0.3, 0.4) is 0 Å². The first-order valence-electron chi connectivity index (χ1n) is 26.1. The van der Waals surface area contributed by atoms with Crippen LogP contribution in [-0.2, 0) is 9.47 Å². The van der Waals surface area contributed by atoms with Crippen LogP contribution in [-0.4, -0.2) is 44.9 Å². The van der Waals surface area contributed by atoms with Crippen LogP contribution in [0.4, 0.5) is 4.39 Å². The van der Waals surface area contributed by atoms with Crippen LogP contribution in [0.25, 0.3) is 10.8 Å². The van der Waals surface area contributed by atoms with Crippen molar-refractivity contribution in [2.45, 2.75) is 57.4 Å². The molecule has 310 valence electrons. The average Bonchev–Trinajstić information content (AvgIpc) is 4.11. The van der Waals surface area contributed by atoms with E-state index < -0.39 is 0 Å². The van der Waals surface area contributed by atoms with Crippen molar-refractivity contribution in [1.29, 1.82) is 0 Å². The Balaban J connectivity index is 0.892. The minimum Gasteiger partial charge on any atom is -0.382 e. The SMILES string of the molecule is COCCOCCN1CC2C3=C4C5C6=C(C3)CC3CC7CC8CC9CC%10CC%11CC2(C2C4C4C5C5C(C63)C7C3C8C9C6C%10C(C4C6C35)C%112)C1c1cccc2c(F)cccc12. The van der Waals surface area contributed by atoms with Crippen LogP contribution < -0.4 is 0 Å². The maximum atomic E-state index is 16.0. The summed E-state index contributed by atoms with van der Waals surface area (Å²) in [5.74, 6) is 26.3. The number of fused-ring (bicyclic) bond motifs is 2. The van der Waals surface area contributed by atoms with E-state index in [-0.39, 0.29) is 11.2 Å². The van der Waals surface area contributed by atoms with E-state index >= 15 is 4.39 Å². The summed E-state index contributed by atoms with van der Waals surface area (Å²) in [6.07, 6.45) is 12.4. The number of nitrogens with zero attached hydrogens (tertiary/aromatic N) is 1. The summed E-state index contributed by atoms with van der Waals surface area (Å²) in [4.78, 5) is 2.99. The molecule has 3 nitrogen and oxygen atoms in total. The van der Waals surface area contributed by atoms with Crippen molar-refractivity contribution in [3.63, 3.8) is 0 Å². The molecule has 2 aromatic rings. The van der Waals surface area contributed by atoms with Crippen molar-refractivity contribution in [3.8, 4) is 0 Å². The number of rotatable bonds is 7. The molecule has 28 atom stereocenters. The predicted octanol–water partition coefficient (Wildman–Crippen LogP) is 9.94. The van der Waals surface area contributed by atoms with Crippen molar-refractivity contribution in [3.05, 3.63) is 70.1 Å². The van der Waals surface area contributed by atoms with E-state index in [9.17, 15) is 0 Å². The Labute approximate surface area is 355 Å². The summed E-state index contributed by atoms with van der Waals surface area (Å²) in [6.45, 7) is 4.26. The third-order valence-electron chi connectivity index (χ3n) is 26.1. The van der Waals surface area contributed by atoms with Gasteiger partial charge in [0.2, 0.25) is 0 Å². The second kappa shape index (κ2) is 10.1. The Morgan fingerprint density at radius 2 is 1.28 bits per heavy atom. The Hall–Kier alpha value is -2.01. The summed E-state index contributed by atoms with van der Waals surface area (Å²) in [5, 5.41) is 2.05. The molecule has 19 rings (SSSR count). The molecule has 1 aliphatic heterocycles. The second-order valence-corrected chi connectivity index (χ2v) is 25.9. The van der Waals surface area contributed by atoms with E-state index in [1.807, 2.05) is 17.2 Å². The van der Waals surface area contributed by atoms with Crippen LogP contribution in [0, 0.1) is 165 Å². The van der Waals surface area contributed by atoms with Gasteiger partial charge in [0.15, 0.2) is 0 Å². The number of hydrogen-bond donors (Lipinski definition) is 0. The van der Waals surface area contributed by atoms with Crippen molar-refractivity contribution in [2.75, 3.05) is 40.0 Å². The number of hydrogen-bond acceptors (Lipinski definition) is 3. The van der Waals surface area contributed by atoms with Crippen molar-refractivity contribution >= 4 is 10.8 Å². The summed E-state index contributed by atoms with van der Waals surface area (Å²) < 4.78 is 27.8. The molecule has 0 N–H and O–H groups in total. The van der Waals surface area contributed by atoms with Crippen molar-refractivity contribution < 1.29 is 13.9 Å². The normalized spacial score (nSPS) is 62.0. The fourth-order valence-electron chi connectivity index (χ4n) is 27.1. The molecule has 60 heavy (non-hydrogen) atoms. The van der Waals surface area contributed by atoms with Gasteiger partial charge in [0.25, 0.3) is 0 Å². The van der Waals surface area contributed by atoms with Gasteiger partial charge in [-0.1, -0.05) is 52.6 Å². The van der Waals surface area contributed by atoms with Gasteiger partial charge in [0, 0.05) is 48.9 Å². The Morgan fingerprint density at radius 3 is 2.10 bits per heavy atom. The molecular formula is C56H62FNO2. The molecule has 28 unspecified atom stereocenters. The summed E-state index contributed by atoms with van der Waals surface area (Å²) >= 11 is 0. The highest BCUT2D eigenvalue weighted by Gasteiger charge is 2.88. The Kier molecular flexibility index (Phi) is 5.49. The molecule has 14 fully saturated rings. The molecule has 13 saturated carbocycles. The maximum absolute atomic E-state index is 16.0. The fourth-order valence-corrected chi connectivity index (χ4v) is 27.1. The number of halogens is 1. The average molecular weight is 800 g/mol. The predicted molar refractivity (Wildman–Crippen MR) is 225 cm³/mol. The van der Waals surface area contributed by atoms with Gasteiger partial charge in [-0.25, -0.2) is 4.39 Å². The smallest absolute Gasteiger partial charge is 0.131 e. The number of methoxy groups -OCH3 is 1. The van der Waals surface area contributed by atoms with Gasteiger partial charge in [0.1, 0.15) is 5.82 Å². The highest BCUT2D eigenvalue weighted by Crippen LogP contribution is 2.93. The number of allylic oxidation sites excluding steroid dienone is 3. The quantitative estimate of drug-likeness (QED) is 0.206. The lowest BCUT2D eigenvalue weighted by molar-refractivity contribution is -0.149. The summed E-state index contributed by atoms with van der Waals surface area (Å²) in [5.41, 5.74) is 10.2. The molecule has 2 aromatic carbocycles. The number of ether oxygens (including phenoxy) is 2. The summed E-state index contributed by atoms with van der Waals surface area (Å²) in [7, 11) is 1.79. The minimum atomic E-state index is -0.0397. The van der Waals surface area contributed by atoms with Crippen molar-refractivity contribution in [1.82, 2.24) is 4.90 Å². The summed E-state index contributed by atoms with van der Waals surface area (Å²) in [6, 6.07) is 13.2. The monoisotopic (exact) mass is 799 g/mol. The number of likely N-dealkylation sites (tertiary alicyclic amines) is 1. The lowest BCUT2D eigenvalue weighted by Crippen LogP contribution is -2.59. The highest BCUT2D eigenvalue weighted by atomic mass is 19.1. The Morgan fingerprint density at radius 1 is 0.633 bits per heavy atom.